The number of allylic oxidation sites excluding steroid dienone is 4. The van der Waals surface area contributed by atoms with Gasteiger partial charge in [0.25, 0.3) is 0 Å². The van der Waals surface area contributed by atoms with Gasteiger partial charge in [-0.1, -0.05) is 0 Å². The van der Waals surface area contributed by atoms with Gasteiger partial charge in [-0.2, -0.15) is 0 Å². The Morgan fingerprint density at radius 1 is 0.955 bits per heavy atom. The fourth-order valence-electron chi connectivity index (χ4n) is 2.45. The van der Waals surface area contributed by atoms with E-state index in [4.69, 9.17) is 0 Å². The lowest BCUT2D eigenvalue weighted by atomic mass is 10.1. The van der Waals surface area contributed by atoms with Crippen LogP contribution in [-0.2, 0) is 0 Å². The predicted molar refractivity (Wildman–Crippen MR) is 90.5 cm³/mol. The molecule has 0 radical (unpaired) electrons. The average Bonchev–Trinajstić information content (AvgIpc) is 3.37. The molecule has 0 spiro atoms. The summed E-state index contributed by atoms with van der Waals surface area (Å²) in [6, 6.07) is 0. The first kappa shape index (κ1) is 14.8. The third-order valence-corrected chi connectivity index (χ3v) is 4.11. The van der Waals surface area contributed by atoms with E-state index >= 15 is 0 Å². The van der Waals surface area contributed by atoms with Crippen molar-refractivity contribution in [2.24, 2.45) is 0 Å². The molecule has 1 saturated heterocycles. The van der Waals surface area contributed by atoms with Gasteiger partial charge in [-0.05, 0) is 24.3 Å². The zero-order chi connectivity index (χ0) is 15.5. The molecule has 3 heterocycles. The van der Waals surface area contributed by atoms with Crippen molar-refractivity contribution in [3.05, 3.63) is 59.5 Å². The van der Waals surface area contributed by atoms with Gasteiger partial charge >= 0.3 is 0 Å². The Morgan fingerprint density at radius 3 is 2.14 bits per heavy atom. The second-order valence-corrected chi connectivity index (χ2v) is 6.08. The van der Waals surface area contributed by atoms with Crippen LogP contribution in [0.4, 0.5) is 0 Å². The molecule has 1 fully saturated rings. The lowest BCUT2D eigenvalue weighted by Crippen LogP contribution is -2.27. The van der Waals surface area contributed by atoms with Gasteiger partial charge in [0, 0.05) is 71.1 Å². The fraction of sp³-hybridized carbons (Fsp3) is 0.412. The third-order valence-electron chi connectivity index (χ3n) is 4.11. The van der Waals surface area contributed by atoms with Crippen LogP contribution >= 0.6 is 0 Å². The van der Waals surface area contributed by atoms with E-state index in [1.807, 2.05) is 12.4 Å². The van der Waals surface area contributed by atoms with Gasteiger partial charge in [-0.25, -0.2) is 0 Å². The maximum atomic E-state index is 3.34. The van der Waals surface area contributed by atoms with E-state index in [0.717, 1.165) is 24.5 Å². The normalized spacial score (nSPS) is 23.4. The van der Waals surface area contributed by atoms with E-state index in [0.29, 0.717) is 0 Å². The van der Waals surface area contributed by atoms with Gasteiger partial charge in [-0.15, -0.1) is 0 Å². The summed E-state index contributed by atoms with van der Waals surface area (Å²) < 4.78 is 0. The van der Waals surface area contributed by atoms with Crippen LogP contribution in [0.25, 0.3) is 0 Å². The Labute approximate surface area is 132 Å². The van der Waals surface area contributed by atoms with Gasteiger partial charge in [-0.3, -0.25) is 4.90 Å². The molecule has 5 heteroatoms. The van der Waals surface area contributed by atoms with E-state index < -0.39 is 0 Å². The molecule has 0 aromatic carbocycles. The largest absolute Gasteiger partial charge is 0.378 e. The van der Waals surface area contributed by atoms with E-state index in [1.54, 1.807) is 0 Å². The number of dihydropyridines is 2. The van der Waals surface area contributed by atoms with E-state index in [9.17, 15) is 0 Å². The summed E-state index contributed by atoms with van der Waals surface area (Å²) in [7, 11) is 6.27. The minimum absolute atomic E-state index is 1.06. The van der Waals surface area contributed by atoms with Crippen LogP contribution in [0.5, 0.6) is 0 Å². The highest BCUT2D eigenvalue weighted by molar-refractivity contribution is 5.44. The molecule has 0 aromatic heterocycles. The summed E-state index contributed by atoms with van der Waals surface area (Å²) in [5.74, 6) is 0. The summed E-state index contributed by atoms with van der Waals surface area (Å²) in [5, 5.41) is 6.66. The van der Waals surface area contributed by atoms with Crippen LogP contribution in [-0.4, -0.2) is 62.0 Å². The molecule has 3 aliphatic heterocycles. The molecule has 0 unspecified atom stereocenters. The fourth-order valence-corrected chi connectivity index (χ4v) is 2.45. The number of nitrogens with zero attached hydrogens (tertiary/aromatic N) is 3. The molecule has 118 valence electrons. The highest BCUT2D eigenvalue weighted by atomic mass is 15.3. The Hall–Kier alpha value is -2.14. The van der Waals surface area contributed by atoms with E-state index in [1.165, 1.54) is 24.5 Å². The molecule has 0 atom stereocenters. The van der Waals surface area contributed by atoms with Crippen molar-refractivity contribution in [2.75, 3.05) is 47.3 Å². The molecular formula is C17H25N5. The Kier molecular flexibility index (Phi) is 4.24. The number of hydrogen-bond acceptors (Lipinski definition) is 5. The van der Waals surface area contributed by atoms with Crippen LogP contribution in [0.1, 0.15) is 0 Å². The first-order valence-corrected chi connectivity index (χ1v) is 7.78. The summed E-state index contributed by atoms with van der Waals surface area (Å²) in [4.78, 5) is 6.86. The van der Waals surface area contributed by atoms with Gasteiger partial charge < -0.3 is 20.4 Å². The highest BCUT2D eigenvalue weighted by Crippen LogP contribution is 2.18. The predicted octanol–water partition coefficient (Wildman–Crippen LogP) is 1.01. The smallest absolute Gasteiger partial charge is 0.0640 e. The average molecular weight is 299 g/mol. The summed E-state index contributed by atoms with van der Waals surface area (Å²) in [6.45, 7) is 4.72. The SMILES string of the molecule is CN(C)C1=C/C(=C2\C=C(N(C)CCN3CC3)C=CN2)NC=C1. The Balaban J connectivity index is 1.75. The molecule has 2 N–H and O–H groups in total. The molecule has 0 saturated carbocycles. The van der Waals surface area contributed by atoms with Gasteiger partial charge in [0.2, 0.25) is 0 Å². The molecular weight excluding hydrogens is 274 g/mol. The molecule has 0 amide bonds. The minimum atomic E-state index is 1.06. The second kappa shape index (κ2) is 6.32. The number of nitrogens with one attached hydrogen (secondary N) is 2. The Bertz CT molecular complexity index is 576. The first-order valence-electron chi connectivity index (χ1n) is 7.78. The van der Waals surface area contributed by atoms with Crippen molar-refractivity contribution in [3.8, 4) is 0 Å². The quantitative estimate of drug-likeness (QED) is 0.741. The number of hydrogen-bond donors (Lipinski definition) is 2. The summed E-state index contributed by atoms with van der Waals surface area (Å²) in [6.07, 6.45) is 12.5. The zero-order valence-electron chi connectivity index (χ0n) is 13.6. The van der Waals surface area contributed by atoms with E-state index in [2.05, 4.69) is 70.8 Å². The number of likely N-dealkylation sites (N-methyl/N-ethyl adjacent to an activating group) is 2. The summed E-state index contributed by atoms with van der Waals surface area (Å²) in [5.41, 5.74) is 4.61. The lowest BCUT2D eigenvalue weighted by molar-refractivity contribution is 0.384. The molecule has 5 nitrogen and oxygen atoms in total. The Morgan fingerprint density at radius 2 is 1.55 bits per heavy atom. The molecule has 22 heavy (non-hydrogen) atoms. The van der Waals surface area contributed by atoms with E-state index in [-0.39, 0.29) is 0 Å². The van der Waals surface area contributed by atoms with Gasteiger partial charge in [0.1, 0.15) is 0 Å². The first-order chi connectivity index (χ1) is 10.6. The molecule has 0 aromatic rings. The van der Waals surface area contributed by atoms with Crippen molar-refractivity contribution in [2.45, 2.75) is 0 Å². The van der Waals surface area contributed by atoms with Crippen molar-refractivity contribution in [3.63, 3.8) is 0 Å². The summed E-state index contributed by atoms with van der Waals surface area (Å²) >= 11 is 0. The molecule has 0 aliphatic carbocycles. The molecule has 0 bridgehead atoms. The monoisotopic (exact) mass is 299 g/mol. The maximum absolute atomic E-state index is 3.34. The topological polar surface area (TPSA) is 33.5 Å². The zero-order valence-corrected chi connectivity index (χ0v) is 13.6. The number of rotatable bonds is 5. The van der Waals surface area contributed by atoms with Gasteiger partial charge in [0.15, 0.2) is 0 Å². The molecule has 3 rings (SSSR count). The van der Waals surface area contributed by atoms with Crippen molar-refractivity contribution < 1.29 is 0 Å². The third kappa shape index (κ3) is 3.54. The van der Waals surface area contributed by atoms with Gasteiger partial charge in [0.05, 0.1) is 11.4 Å². The van der Waals surface area contributed by atoms with Crippen LogP contribution in [0.3, 0.4) is 0 Å². The van der Waals surface area contributed by atoms with Crippen molar-refractivity contribution in [1.82, 2.24) is 25.3 Å². The highest BCUT2D eigenvalue weighted by Gasteiger charge is 2.18. The van der Waals surface area contributed by atoms with Crippen LogP contribution in [0, 0.1) is 0 Å². The van der Waals surface area contributed by atoms with Crippen LogP contribution in [0.15, 0.2) is 59.5 Å². The van der Waals surface area contributed by atoms with Crippen LogP contribution in [0.2, 0.25) is 0 Å². The maximum Gasteiger partial charge on any atom is 0.0640 e. The standard InChI is InChI=1S/C17H25N5/c1-20(2)14-4-6-18-16(12-14)17-13-15(5-7-19-17)21(3)8-9-22-10-11-22/h4-7,12-13,18-19H,8-11H2,1-3H3/b17-16-. The second-order valence-electron chi connectivity index (χ2n) is 6.08. The van der Waals surface area contributed by atoms with Crippen molar-refractivity contribution >= 4 is 0 Å². The minimum Gasteiger partial charge on any atom is -0.378 e. The lowest BCUT2D eigenvalue weighted by Gasteiger charge is -2.25. The van der Waals surface area contributed by atoms with Crippen molar-refractivity contribution in [1.29, 1.82) is 0 Å². The van der Waals surface area contributed by atoms with Crippen LogP contribution < -0.4 is 10.6 Å². The molecule has 3 aliphatic rings.